The lowest BCUT2D eigenvalue weighted by Gasteiger charge is -2.13. The van der Waals surface area contributed by atoms with Crippen molar-refractivity contribution in [2.45, 2.75) is 19.1 Å². The molecule has 3 heterocycles. The summed E-state index contributed by atoms with van der Waals surface area (Å²) in [4.78, 5) is 13.6. The summed E-state index contributed by atoms with van der Waals surface area (Å²) < 4.78 is 19.0. The number of nitrogens with one attached hydrogen (secondary N) is 1. The first-order valence-electron chi connectivity index (χ1n) is 8.20. The van der Waals surface area contributed by atoms with Gasteiger partial charge in [0.05, 0.1) is 20.5 Å². The van der Waals surface area contributed by atoms with E-state index in [1.54, 1.807) is 20.5 Å². The second kappa shape index (κ2) is 7.23. The number of anilines is 2. The number of methoxy groups -OCH3 is 2. The topological polar surface area (TPSA) is 83.3 Å². The normalized spacial score (nSPS) is 16.8. The molecule has 3 aromatic rings. The molecule has 26 heavy (non-hydrogen) atoms. The van der Waals surface area contributed by atoms with Gasteiger partial charge in [0.2, 0.25) is 0 Å². The fraction of sp³-hybridized carbons (Fsp3) is 0.353. The van der Waals surface area contributed by atoms with Gasteiger partial charge in [0.15, 0.2) is 32.3 Å². The maximum atomic E-state index is 5.77. The first kappa shape index (κ1) is 17.3. The summed E-state index contributed by atoms with van der Waals surface area (Å²) in [6.07, 6.45) is 3.76. The summed E-state index contributed by atoms with van der Waals surface area (Å²) in [6, 6.07) is 5.60. The highest BCUT2D eigenvalue weighted by Gasteiger charge is 2.22. The molecule has 2 aromatic heterocycles. The van der Waals surface area contributed by atoms with Crippen molar-refractivity contribution in [3.05, 3.63) is 28.4 Å². The van der Waals surface area contributed by atoms with E-state index >= 15 is 0 Å². The lowest BCUT2D eigenvalue weighted by Crippen LogP contribution is -2.08. The zero-order chi connectivity index (χ0) is 18.1. The number of imidazole rings is 1. The molecule has 1 atom stereocenters. The standard InChI is InChI=1S/C17H18IN5O3/c1-24-11-6-5-10(8-12(11)25-2)20-15-14-16(22-17(18)21-15)23(9-19-14)13-4-3-7-26-13/h5-6,8-9,13H,3-4,7H2,1-2H3,(H,20,21,22). The molecule has 8 nitrogen and oxygen atoms in total. The molecule has 1 fully saturated rings. The molecule has 4 rings (SSSR count). The summed E-state index contributed by atoms with van der Waals surface area (Å²) >= 11 is 2.11. The summed E-state index contributed by atoms with van der Waals surface area (Å²) in [6.45, 7) is 0.767. The third kappa shape index (κ3) is 3.16. The monoisotopic (exact) mass is 467 g/mol. The van der Waals surface area contributed by atoms with E-state index in [0.29, 0.717) is 26.7 Å². The molecule has 1 aliphatic heterocycles. The second-order valence-electron chi connectivity index (χ2n) is 5.83. The molecule has 0 aliphatic carbocycles. The Morgan fingerprint density at radius 1 is 1.23 bits per heavy atom. The van der Waals surface area contributed by atoms with Gasteiger partial charge >= 0.3 is 0 Å². The minimum Gasteiger partial charge on any atom is -0.493 e. The number of ether oxygens (including phenoxy) is 3. The van der Waals surface area contributed by atoms with Gasteiger partial charge in [-0.3, -0.25) is 4.57 Å². The molecular weight excluding hydrogens is 449 g/mol. The van der Waals surface area contributed by atoms with Gasteiger partial charge in [-0.2, -0.15) is 0 Å². The fourth-order valence-corrected chi connectivity index (χ4v) is 3.49. The molecule has 1 unspecified atom stereocenters. The van der Waals surface area contributed by atoms with Crippen molar-refractivity contribution in [3.63, 3.8) is 0 Å². The number of nitrogens with zero attached hydrogens (tertiary/aromatic N) is 4. The van der Waals surface area contributed by atoms with Crippen LogP contribution in [0.15, 0.2) is 24.5 Å². The Hall–Kier alpha value is -2.14. The minimum atomic E-state index is -0.0142. The number of hydrogen-bond acceptors (Lipinski definition) is 7. The van der Waals surface area contributed by atoms with Crippen molar-refractivity contribution in [3.8, 4) is 11.5 Å². The van der Waals surface area contributed by atoms with Gasteiger partial charge in [0.1, 0.15) is 6.23 Å². The lowest BCUT2D eigenvalue weighted by molar-refractivity contribution is 0.0592. The molecule has 1 N–H and O–H groups in total. The Bertz CT molecular complexity index is 940. The molecule has 9 heteroatoms. The Morgan fingerprint density at radius 2 is 2.08 bits per heavy atom. The van der Waals surface area contributed by atoms with Gasteiger partial charge in [-0.15, -0.1) is 0 Å². The Kier molecular flexibility index (Phi) is 4.81. The van der Waals surface area contributed by atoms with Crippen LogP contribution in [0.2, 0.25) is 0 Å². The van der Waals surface area contributed by atoms with Gasteiger partial charge in [0.25, 0.3) is 0 Å². The van der Waals surface area contributed by atoms with E-state index in [1.165, 1.54) is 0 Å². The van der Waals surface area contributed by atoms with Gasteiger partial charge in [-0.25, -0.2) is 15.0 Å². The highest BCUT2D eigenvalue weighted by molar-refractivity contribution is 14.1. The Morgan fingerprint density at radius 3 is 2.81 bits per heavy atom. The number of hydrogen-bond donors (Lipinski definition) is 1. The van der Waals surface area contributed by atoms with Crippen LogP contribution in [0, 0.1) is 3.83 Å². The molecule has 0 saturated carbocycles. The van der Waals surface area contributed by atoms with E-state index in [1.807, 2.05) is 22.8 Å². The largest absolute Gasteiger partial charge is 0.493 e. The van der Waals surface area contributed by atoms with E-state index in [4.69, 9.17) is 14.2 Å². The van der Waals surface area contributed by atoms with Gasteiger partial charge < -0.3 is 19.5 Å². The molecule has 0 radical (unpaired) electrons. The molecule has 1 saturated heterocycles. The number of halogens is 1. The zero-order valence-electron chi connectivity index (χ0n) is 14.4. The van der Waals surface area contributed by atoms with Crippen LogP contribution in [-0.2, 0) is 4.74 Å². The Labute approximate surface area is 164 Å². The highest BCUT2D eigenvalue weighted by atomic mass is 127. The van der Waals surface area contributed by atoms with Gasteiger partial charge in [-0.1, -0.05) is 0 Å². The quantitative estimate of drug-likeness (QED) is 0.454. The molecule has 0 amide bonds. The minimum absolute atomic E-state index is 0.0142. The van der Waals surface area contributed by atoms with Gasteiger partial charge in [0, 0.05) is 41.0 Å². The summed E-state index contributed by atoms with van der Waals surface area (Å²) in [7, 11) is 3.22. The first-order valence-corrected chi connectivity index (χ1v) is 9.28. The highest BCUT2D eigenvalue weighted by Crippen LogP contribution is 2.33. The summed E-state index contributed by atoms with van der Waals surface area (Å²) in [5.74, 6) is 1.95. The number of fused-ring (bicyclic) bond motifs is 1. The number of aromatic nitrogens is 4. The first-order chi connectivity index (χ1) is 12.7. The van der Waals surface area contributed by atoms with E-state index in [9.17, 15) is 0 Å². The lowest BCUT2D eigenvalue weighted by atomic mass is 10.2. The van der Waals surface area contributed by atoms with E-state index in [0.717, 1.165) is 30.8 Å². The van der Waals surface area contributed by atoms with Crippen molar-refractivity contribution in [2.24, 2.45) is 0 Å². The van der Waals surface area contributed by atoms with Crippen LogP contribution >= 0.6 is 22.6 Å². The van der Waals surface area contributed by atoms with E-state index in [-0.39, 0.29) is 6.23 Å². The van der Waals surface area contributed by atoms with Crippen molar-refractivity contribution in [1.29, 1.82) is 0 Å². The molecule has 1 aliphatic rings. The molecular formula is C17H18IN5O3. The molecule has 0 spiro atoms. The van der Waals surface area contributed by atoms with Crippen LogP contribution in [0.4, 0.5) is 11.5 Å². The van der Waals surface area contributed by atoms with Crippen LogP contribution in [0.1, 0.15) is 19.1 Å². The van der Waals surface area contributed by atoms with Gasteiger partial charge in [-0.05, 0) is 25.0 Å². The zero-order valence-corrected chi connectivity index (χ0v) is 16.6. The smallest absolute Gasteiger partial charge is 0.194 e. The fourth-order valence-electron chi connectivity index (χ4n) is 3.02. The van der Waals surface area contributed by atoms with Crippen LogP contribution in [0.25, 0.3) is 11.2 Å². The average Bonchev–Trinajstić information content (AvgIpc) is 3.30. The molecule has 0 bridgehead atoms. The van der Waals surface area contributed by atoms with Crippen molar-refractivity contribution in [2.75, 3.05) is 26.1 Å². The molecule has 1 aromatic carbocycles. The van der Waals surface area contributed by atoms with Crippen LogP contribution < -0.4 is 14.8 Å². The summed E-state index contributed by atoms with van der Waals surface area (Å²) in [5.41, 5.74) is 2.29. The van der Waals surface area contributed by atoms with Crippen LogP contribution in [-0.4, -0.2) is 40.3 Å². The van der Waals surface area contributed by atoms with Crippen molar-refractivity contribution >= 4 is 45.3 Å². The predicted octanol–water partition coefficient (Wildman–Crippen LogP) is 3.50. The van der Waals surface area contributed by atoms with E-state index in [2.05, 4.69) is 42.9 Å². The van der Waals surface area contributed by atoms with Crippen LogP contribution in [0.5, 0.6) is 11.5 Å². The molecule has 136 valence electrons. The maximum absolute atomic E-state index is 5.77. The second-order valence-corrected chi connectivity index (χ2v) is 6.79. The SMILES string of the molecule is COc1ccc(Nc2nc(I)nc3c2ncn3C2CCCO2)cc1OC. The number of benzene rings is 1. The predicted molar refractivity (Wildman–Crippen MR) is 105 cm³/mol. The Balaban J connectivity index is 1.72. The van der Waals surface area contributed by atoms with E-state index < -0.39 is 0 Å². The third-order valence-corrected chi connectivity index (χ3v) is 4.74. The maximum Gasteiger partial charge on any atom is 0.194 e. The van der Waals surface area contributed by atoms with Crippen LogP contribution in [0.3, 0.4) is 0 Å². The van der Waals surface area contributed by atoms with Crippen molar-refractivity contribution < 1.29 is 14.2 Å². The third-order valence-electron chi connectivity index (χ3n) is 4.26. The average molecular weight is 467 g/mol. The number of rotatable bonds is 5. The summed E-state index contributed by atoms with van der Waals surface area (Å²) in [5, 5.41) is 3.31. The van der Waals surface area contributed by atoms with Crippen molar-refractivity contribution in [1.82, 2.24) is 19.5 Å².